The van der Waals surface area contributed by atoms with E-state index in [1.807, 2.05) is 0 Å². The van der Waals surface area contributed by atoms with Crippen LogP contribution < -0.4 is 0 Å². The van der Waals surface area contributed by atoms with E-state index >= 15 is 0 Å². The van der Waals surface area contributed by atoms with E-state index in [1.54, 1.807) is 0 Å². The molecule has 13 heavy (non-hydrogen) atoms. The quantitative estimate of drug-likeness (QED) is 0.641. The molecule has 70 valence electrons. The second-order valence-corrected chi connectivity index (χ2v) is 5.83. The summed E-state index contributed by atoms with van der Waals surface area (Å²) in [4.78, 5) is 0. The molecule has 0 N–H and O–H groups in total. The summed E-state index contributed by atoms with van der Waals surface area (Å²) >= 11 is 2.10. The smallest absolute Gasteiger partial charge is 0.0450 e. The highest BCUT2D eigenvalue weighted by Gasteiger charge is 2.53. The predicted octanol–water partition coefficient (Wildman–Crippen LogP) is 3.89. The van der Waals surface area contributed by atoms with Crippen molar-refractivity contribution in [3.8, 4) is 0 Å². The van der Waals surface area contributed by atoms with Gasteiger partial charge in [0.2, 0.25) is 0 Å². The van der Waals surface area contributed by atoms with E-state index < -0.39 is 0 Å². The van der Waals surface area contributed by atoms with Gasteiger partial charge in [0, 0.05) is 10.00 Å². The second-order valence-electron chi connectivity index (χ2n) is 4.25. The third-order valence-electron chi connectivity index (χ3n) is 3.08. The Morgan fingerprint density at radius 2 is 1.85 bits per heavy atom. The van der Waals surface area contributed by atoms with Crippen LogP contribution in [-0.2, 0) is 0 Å². The van der Waals surface area contributed by atoms with Crippen LogP contribution in [0.4, 0.5) is 0 Å². The Bertz CT molecular complexity index is 291. The van der Waals surface area contributed by atoms with Gasteiger partial charge in [-0.15, -0.1) is 11.8 Å². The molecule has 0 bridgehead atoms. The van der Waals surface area contributed by atoms with Crippen molar-refractivity contribution in [3.05, 3.63) is 35.9 Å². The van der Waals surface area contributed by atoms with Crippen LogP contribution in [-0.4, -0.2) is 4.75 Å². The topological polar surface area (TPSA) is 0 Å². The van der Waals surface area contributed by atoms with Gasteiger partial charge in [-0.05, 0) is 18.4 Å². The maximum absolute atomic E-state index is 2.38. The molecule has 1 aromatic rings. The first kappa shape index (κ1) is 9.14. The molecule has 1 heteroatoms. The molecular formula is C12H16S. The highest BCUT2D eigenvalue weighted by Crippen LogP contribution is 2.67. The van der Waals surface area contributed by atoms with Crippen molar-refractivity contribution in [3.63, 3.8) is 0 Å². The van der Waals surface area contributed by atoms with Gasteiger partial charge in [-0.1, -0.05) is 44.2 Å². The Balaban J connectivity index is 2.16. The van der Waals surface area contributed by atoms with Crippen LogP contribution in [0.5, 0.6) is 0 Å². The van der Waals surface area contributed by atoms with Crippen molar-refractivity contribution in [2.75, 3.05) is 0 Å². The van der Waals surface area contributed by atoms with Gasteiger partial charge in [-0.25, -0.2) is 0 Å². The maximum atomic E-state index is 2.38. The lowest BCUT2D eigenvalue weighted by Crippen LogP contribution is -2.13. The molecule has 0 amide bonds. The zero-order valence-corrected chi connectivity index (χ0v) is 9.27. The first-order chi connectivity index (χ1) is 6.14. The summed E-state index contributed by atoms with van der Waals surface area (Å²) in [5.41, 5.74) is 1.49. The largest absolute Gasteiger partial charge is 0.144 e. The van der Waals surface area contributed by atoms with E-state index in [1.165, 1.54) is 5.56 Å². The summed E-state index contributed by atoms with van der Waals surface area (Å²) in [6.45, 7) is 7.01. The fraction of sp³-hybridized carbons (Fsp3) is 0.500. The molecule has 1 aliphatic heterocycles. The Hall–Kier alpha value is -0.430. The molecule has 0 nitrogen and oxygen atoms in total. The van der Waals surface area contributed by atoms with Crippen molar-refractivity contribution < 1.29 is 0 Å². The minimum absolute atomic E-state index is 0.487. The van der Waals surface area contributed by atoms with Crippen molar-refractivity contribution in [2.45, 2.75) is 30.8 Å². The Morgan fingerprint density at radius 3 is 2.31 bits per heavy atom. The van der Waals surface area contributed by atoms with Crippen molar-refractivity contribution in [1.29, 1.82) is 0 Å². The lowest BCUT2D eigenvalue weighted by Gasteiger charge is -2.12. The van der Waals surface area contributed by atoms with E-state index in [4.69, 9.17) is 0 Å². The molecule has 0 radical (unpaired) electrons. The average molecular weight is 192 g/mol. The number of hydrogen-bond acceptors (Lipinski definition) is 1. The van der Waals surface area contributed by atoms with E-state index in [2.05, 4.69) is 62.9 Å². The molecule has 0 aliphatic carbocycles. The normalized spacial score (nSPS) is 32.2. The number of thioether (sulfide) groups is 1. The molecule has 2 atom stereocenters. The summed E-state index contributed by atoms with van der Waals surface area (Å²) in [7, 11) is 0. The monoisotopic (exact) mass is 192 g/mol. The van der Waals surface area contributed by atoms with Crippen LogP contribution in [0, 0.1) is 5.92 Å². The minimum Gasteiger partial charge on any atom is -0.144 e. The van der Waals surface area contributed by atoms with Gasteiger partial charge < -0.3 is 0 Å². The first-order valence-corrected chi connectivity index (χ1v) is 5.75. The highest BCUT2D eigenvalue weighted by atomic mass is 32.2. The number of hydrogen-bond donors (Lipinski definition) is 0. The van der Waals surface area contributed by atoms with Gasteiger partial charge in [-0.3, -0.25) is 0 Å². The van der Waals surface area contributed by atoms with Gasteiger partial charge in [0.1, 0.15) is 0 Å². The molecule has 1 heterocycles. The summed E-state index contributed by atoms with van der Waals surface area (Å²) in [6.07, 6.45) is 0. The standard InChI is InChI=1S/C12H16S/c1-9(2)12(3)11(13-12)10-7-5-4-6-8-10/h4-9,11H,1-3H3. The van der Waals surface area contributed by atoms with Crippen LogP contribution in [0.2, 0.25) is 0 Å². The Morgan fingerprint density at radius 1 is 1.23 bits per heavy atom. The molecule has 2 unspecified atom stereocenters. The summed E-state index contributed by atoms with van der Waals surface area (Å²) in [6, 6.07) is 10.8. The molecule has 1 fully saturated rings. The molecule has 1 aromatic carbocycles. The molecule has 0 aromatic heterocycles. The fourth-order valence-electron chi connectivity index (χ4n) is 1.69. The average Bonchev–Trinajstić information content (AvgIpc) is 2.81. The van der Waals surface area contributed by atoms with E-state index in [0.717, 1.165) is 11.2 Å². The Kier molecular flexibility index (Phi) is 2.15. The zero-order valence-electron chi connectivity index (χ0n) is 8.45. The van der Waals surface area contributed by atoms with Crippen molar-refractivity contribution in [1.82, 2.24) is 0 Å². The van der Waals surface area contributed by atoms with Crippen LogP contribution in [0.25, 0.3) is 0 Å². The maximum Gasteiger partial charge on any atom is 0.0450 e. The lowest BCUT2D eigenvalue weighted by molar-refractivity contribution is 0.513. The van der Waals surface area contributed by atoms with E-state index in [-0.39, 0.29) is 0 Å². The van der Waals surface area contributed by atoms with Gasteiger partial charge >= 0.3 is 0 Å². The van der Waals surface area contributed by atoms with Crippen LogP contribution in [0.1, 0.15) is 31.6 Å². The van der Waals surface area contributed by atoms with Crippen LogP contribution >= 0.6 is 11.8 Å². The molecule has 0 saturated carbocycles. The summed E-state index contributed by atoms with van der Waals surface area (Å²) < 4.78 is 0.487. The summed E-state index contributed by atoms with van der Waals surface area (Å²) in [5.74, 6) is 0.766. The molecule has 0 spiro atoms. The van der Waals surface area contributed by atoms with E-state index in [0.29, 0.717) is 4.75 Å². The van der Waals surface area contributed by atoms with Gasteiger partial charge in [-0.2, -0.15) is 0 Å². The lowest BCUT2D eigenvalue weighted by atomic mass is 9.91. The molecule has 2 rings (SSSR count). The Labute approximate surface area is 84.7 Å². The first-order valence-electron chi connectivity index (χ1n) is 4.87. The van der Waals surface area contributed by atoms with E-state index in [9.17, 15) is 0 Å². The van der Waals surface area contributed by atoms with Crippen LogP contribution in [0.3, 0.4) is 0 Å². The minimum atomic E-state index is 0.487. The van der Waals surface area contributed by atoms with Crippen molar-refractivity contribution in [2.24, 2.45) is 5.92 Å². The van der Waals surface area contributed by atoms with Gasteiger partial charge in [0.25, 0.3) is 0 Å². The van der Waals surface area contributed by atoms with Gasteiger partial charge in [0.15, 0.2) is 0 Å². The highest BCUT2D eigenvalue weighted by molar-refractivity contribution is 8.08. The molecule has 1 saturated heterocycles. The van der Waals surface area contributed by atoms with Crippen LogP contribution in [0.15, 0.2) is 30.3 Å². The number of benzene rings is 1. The molecular weight excluding hydrogens is 176 g/mol. The third kappa shape index (κ3) is 1.50. The fourth-order valence-corrected chi connectivity index (χ4v) is 3.10. The zero-order chi connectivity index (χ0) is 9.47. The second kappa shape index (κ2) is 3.06. The summed E-state index contributed by atoms with van der Waals surface area (Å²) in [5, 5.41) is 0.730. The predicted molar refractivity (Wildman–Crippen MR) is 60.0 cm³/mol. The SMILES string of the molecule is CC(C)C1(C)SC1c1ccccc1. The molecule has 1 aliphatic rings. The van der Waals surface area contributed by atoms with Crippen molar-refractivity contribution >= 4 is 11.8 Å². The number of rotatable bonds is 2. The third-order valence-corrected chi connectivity index (χ3v) is 5.04. The van der Waals surface area contributed by atoms with Gasteiger partial charge in [0.05, 0.1) is 0 Å².